The number of piperidine rings is 1. The number of nitrogens with one attached hydrogen (secondary N) is 1. The van der Waals surface area contributed by atoms with E-state index in [2.05, 4.69) is 26.1 Å². The fraction of sp³-hybridized carbons (Fsp3) is 1.00. The highest BCUT2D eigenvalue weighted by Crippen LogP contribution is 2.37. The van der Waals surface area contributed by atoms with Crippen LogP contribution in [0.25, 0.3) is 0 Å². The van der Waals surface area contributed by atoms with E-state index < -0.39 is 0 Å². The van der Waals surface area contributed by atoms with E-state index in [-0.39, 0.29) is 0 Å². The van der Waals surface area contributed by atoms with Gasteiger partial charge in [0.1, 0.15) is 0 Å². The van der Waals surface area contributed by atoms with Crippen molar-refractivity contribution in [1.29, 1.82) is 0 Å². The van der Waals surface area contributed by atoms with E-state index in [0.29, 0.717) is 5.41 Å². The van der Waals surface area contributed by atoms with Gasteiger partial charge in [0.2, 0.25) is 0 Å². The van der Waals surface area contributed by atoms with Crippen molar-refractivity contribution in [3.63, 3.8) is 0 Å². The lowest BCUT2D eigenvalue weighted by molar-refractivity contribution is 0.152. The Bertz CT molecular complexity index is 123. The zero-order valence-corrected chi connectivity index (χ0v) is 8.82. The summed E-state index contributed by atoms with van der Waals surface area (Å²) in [5, 5.41) is 3.43. The van der Waals surface area contributed by atoms with Crippen LogP contribution in [-0.2, 0) is 0 Å². The van der Waals surface area contributed by atoms with Crippen LogP contribution in [0, 0.1) is 11.3 Å². The molecule has 0 radical (unpaired) electrons. The van der Waals surface area contributed by atoms with E-state index in [9.17, 15) is 0 Å². The van der Waals surface area contributed by atoms with Gasteiger partial charge < -0.3 is 5.32 Å². The third kappa shape index (κ3) is 2.48. The Kier molecular flexibility index (Phi) is 3.57. The highest BCUT2D eigenvalue weighted by Gasteiger charge is 2.29. The molecule has 0 atom stereocenters. The minimum Gasteiger partial charge on any atom is -0.317 e. The maximum atomic E-state index is 3.43. The zero-order valence-electron chi connectivity index (χ0n) is 8.82. The Balaban J connectivity index is 2.41. The maximum absolute atomic E-state index is 3.43. The summed E-state index contributed by atoms with van der Waals surface area (Å²) < 4.78 is 0. The summed E-state index contributed by atoms with van der Waals surface area (Å²) in [5.41, 5.74) is 0.580. The van der Waals surface area contributed by atoms with Crippen molar-refractivity contribution >= 4 is 0 Å². The molecule has 0 unspecified atom stereocenters. The summed E-state index contributed by atoms with van der Waals surface area (Å²) in [6.45, 7) is 9.64. The molecule has 1 heteroatoms. The third-order valence-corrected chi connectivity index (χ3v) is 3.34. The summed E-state index contributed by atoms with van der Waals surface area (Å²) in [6, 6.07) is 0. The molecule has 0 saturated carbocycles. The van der Waals surface area contributed by atoms with Crippen LogP contribution in [0.1, 0.15) is 46.5 Å². The fourth-order valence-corrected chi connectivity index (χ4v) is 2.45. The Labute approximate surface area is 76.9 Å². The first-order valence-corrected chi connectivity index (χ1v) is 5.37. The van der Waals surface area contributed by atoms with Crippen molar-refractivity contribution in [2.24, 2.45) is 11.3 Å². The van der Waals surface area contributed by atoms with Gasteiger partial charge in [0.15, 0.2) is 0 Å². The van der Waals surface area contributed by atoms with Gasteiger partial charge in [-0.3, -0.25) is 0 Å². The van der Waals surface area contributed by atoms with Gasteiger partial charge in [0, 0.05) is 0 Å². The molecule has 1 fully saturated rings. The predicted octanol–water partition coefficient (Wildman–Crippen LogP) is 2.81. The molecular weight excluding hydrogens is 146 g/mol. The highest BCUT2D eigenvalue weighted by molar-refractivity contribution is 4.81. The normalized spacial score (nSPS) is 21.2. The lowest BCUT2D eigenvalue weighted by Gasteiger charge is -2.37. The smallest absolute Gasteiger partial charge is 0.00461 e. The standard InChI is InChI=1S/C11H23N/c1-4-7-11(2,3)10-5-8-12-9-6-10/h10,12H,4-9H2,1-3H3. The van der Waals surface area contributed by atoms with Gasteiger partial charge >= 0.3 is 0 Å². The summed E-state index contributed by atoms with van der Waals surface area (Å²) in [7, 11) is 0. The molecule has 1 N–H and O–H groups in total. The van der Waals surface area contributed by atoms with Crippen molar-refractivity contribution in [2.45, 2.75) is 46.5 Å². The molecule has 1 aliphatic heterocycles. The molecule has 12 heavy (non-hydrogen) atoms. The molecule has 1 nitrogen and oxygen atoms in total. The summed E-state index contributed by atoms with van der Waals surface area (Å²) in [5.74, 6) is 0.957. The maximum Gasteiger partial charge on any atom is -0.00461 e. The molecule has 0 aromatic carbocycles. The third-order valence-electron chi connectivity index (χ3n) is 3.34. The first-order chi connectivity index (χ1) is 5.67. The summed E-state index contributed by atoms with van der Waals surface area (Å²) in [6.07, 6.45) is 5.48. The molecule has 1 aliphatic rings. The van der Waals surface area contributed by atoms with Crippen LogP contribution < -0.4 is 5.32 Å². The van der Waals surface area contributed by atoms with Gasteiger partial charge in [-0.2, -0.15) is 0 Å². The second-order valence-corrected chi connectivity index (χ2v) is 4.76. The van der Waals surface area contributed by atoms with Crippen LogP contribution in [-0.4, -0.2) is 13.1 Å². The van der Waals surface area contributed by atoms with Crippen molar-refractivity contribution in [2.75, 3.05) is 13.1 Å². The molecule has 0 spiro atoms. The quantitative estimate of drug-likeness (QED) is 0.685. The molecule has 72 valence electrons. The Morgan fingerprint density at radius 2 is 1.83 bits per heavy atom. The van der Waals surface area contributed by atoms with E-state index in [1.807, 2.05) is 0 Å². The van der Waals surface area contributed by atoms with Crippen LogP contribution >= 0.6 is 0 Å². The number of rotatable bonds is 3. The lowest BCUT2D eigenvalue weighted by atomic mass is 9.71. The van der Waals surface area contributed by atoms with E-state index >= 15 is 0 Å². The number of hydrogen-bond donors (Lipinski definition) is 1. The van der Waals surface area contributed by atoms with E-state index in [1.54, 1.807) is 0 Å². The van der Waals surface area contributed by atoms with Crippen LogP contribution in [0.5, 0.6) is 0 Å². The van der Waals surface area contributed by atoms with Crippen LogP contribution in [0.4, 0.5) is 0 Å². The fourth-order valence-electron chi connectivity index (χ4n) is 2.45. The minimum absolute atomic E-state index is 0.580. The minimum atomic E-state index is 0.580. The van der Waals surface area contributed by atoms with Crippen LogP contribution in [0.15, 0.2) is 0 Å². The molecule has 0 bridgehead atoms. The van der Waals surface area contributed by atoms with Gasteiger partial charge in [-0.05, 0) is 43.7 Å². The van der Waals surface area contributed by atoms with Crippen LogP contribution in [0.2, 0.25) is 0 Å². The van der Waals surface area contributed by atoms with Crippen LogP contribution in [0.3, 0.4) is 0 Å². The monoisotopic (exact) mass is 169 g/mol. The van der Waals surface area contributed by atoms with Crippen molar-refractivity contribution < 1.29 is 0 Å². The van der Waals surface area contributed by atoms with Gasteiger partial charge in [0.25, 0.3) is 0 Å². The molecule has 1 saturated heterocycles. The summed E-state index contributed by atoms with van der Waals surface area (Å²) in [4.78, 5) is 0. The molecule has 0 aromatic rings. The average Bonchev–Trinajstić information content (AvgIpc) is 2.06. The van der Waals surface area contributed by atoms with Gasteiger partial charge in [-0.1, -0.05) is 27.2 Å². The Morgan fingerprint density at radius 3 is 2.33 bits per heavy atom. The van der Waals surface area contributed by atoms with Crippen molar-refractivity contribution in [3.05, 3.63) is 0 Å². The second-order valence-electron chi connectivity index (χ2n) is 4.76. The van der Waals surface area contributed by atoms with E-state index in [0.717, 1.165) is 5.92 Å². The average molecular weight is 169 g/mol. The van der Waals surface area contributed by atoms with Crippen molar-refractivity contribution in [3.8, 4) is 0 Å². The highest BCUT2D eigenvalue weighted by atomic mass is 14.9. The molecule has 1 heterocycles. The molecular formula is C11H23N. The first kappa shape index (κ1) is 10.0. The van der Waals surface area contributed by atoms with E-state index in [1.165, 1.54) is 38.8 Å². The van der Waals surface area contributed by atoms with Gasteiger partial charge in [-0.15, -0.1) is 0 Å². The molecule has 0 aromatic heterocycles. The lowest BCUT2D eigenvalue weighted by Crippen LogP contribution is -2.35. The second kappa shape index (κ2) is 4.27. The summed E-state index contributed by atoms with van der Waals surface area (Å²) >= 11 is 0. The van der Waals surface area contributed by atoms with Crippen molar-refractivity contribution in [1.82, 2.24) is 5.32 Å². The molecule has 0 amide bonds. The largest absolute Gasteiger partial charge is 0.317 e. The van der Waals surface area contributed by atoms with Gasteiger partial charge in [-0.25, -0.2) is 0 Å². The molecule has 0 aliphatic carbocycles. The van der Waals surface area contributed by atoms with E-state index in [4.69, 9.17) is 0 Å². The SMILES string of the molecule is CCCC(C)(C)C1CCNCC1. The predicted molar refractivity (Wildman–Crippen MR) is 54.3 cm³/mol. The Morgan fingerprint density at radius 1 is 1.25 bits per heavy atom. The number of hydrogen-bond acceptors (Lipinski definition) is 1. The zero-order chi connectivity index (χ0) is 9.03. The first-order valence-electron chi connectivity index (χ1n) is 5.37. The topological polar surface area (TPSA) is 12.0 Å². The molecule has 1 rings (SSSR count). The van der Waals surface area contributed by atoms with Gasteiger partial charge in [0.05, 0.1) is 0 Å². The Hall–Kier alpha value is -0.0400.